The summed E-state index contributed by atoms with van der Waals surface area (Å²) < 4.78 is 27.2. The van der Waals surface area contributed by atoms with Crippen LogP contribution < -0.4 is 4.72 Å². The summed E-state index contributed by atoms with van der Waals surface area (Å²) in [4.78, 5) is 24.6. The van der Waals surface area contributed by atoms with Gasteiger partial charge in [0.2, 0.25) is 11.8 Å². The van der Waals surface area contributed by atoms with Gasteiger partial charge in [-0.05, 0) is 29.8 Å². The fraction of sp³-hybridized carbons (Fsp3) is 0.176. The first-order chi connectivity index (χ1) is 11.5. The number of hydrogen-bond donors (Lipinski definition) is 1. The summed E-state index contributed by atoms with van der Waals surface area (Å²) >= 11 is 0. The van der Waals surface area contributed by atoms with Crippen LogP contribution in [0.25, 0.3) is 0 Å². The van der Waals surface area contributed by atoms with Gasteiger partial charge in [0.1, 0.15) is 0 Å². The molecule has 3 rings (SSSR count). The molecule has 0 radical (unpaired) electrons. The Morgan fingerprint density at radius 1 is 0.875 bits per heavy atom. The van der Waals surface area contributed by atoms with Crippen molar-refractivity contribution >= 4 is 27.5 Å². The van der Waals surface area contributed by atoms with Gasteiger partial charge < -0.3 is 0 Å². The largest absolute Gasteiger partial charge is 0.280 e. The summed E-state index contributed by atoms with van der Waals surface area (Å²) in [7, 11) is -3.68. The first kappa shape index (κ1) is 16.2. The molecule has 2 amide bonds. The van der Waals surface area contributed by atoms with E-state index < -0.39 is 10.0 Å². The van der Waals surface area contributed by atoms with Crippen molar-refractivity contribution in [1.82, 2.24) is 4.90 Å². The van der Waals surface area contributed by atoms with Crippen molar-refractivity contribution in [2.24, 2.45) is 0 Å². The highest BCUT2D eigenvalue weighted by molar-refractivity contribution is 7.92. The Kier molecular flexibility index (Phi) is 4.35. The minimum atomic E-state index is -3.68. The molecule has 124 valence electrons. The van der Waals surface area contributed by atoms with Crippen LogP contribution in [0.1, 0.15) is 18.4 Å². The van der Waals surface area contributed by atoms with Crippen LogP contribution in [0.4, 0.5) is 5.69 Å². The SMILES string of the molecule is O=C1CCC(=O)N1Cc1ccc(S(=O)(=O)Nc2ccccc2)cc1. The number of carbonyl (C=O) groups excluding carboxylic acids is 2. The average molecular weight is 344 g/mol. The molecule has 2 aromatic rings. The van der Waals surface area contributed by atoms with Gasteiger partial charge in [-0.25, -0.2) is 8.42 Å². The molecule has 0 unspecified atom stereocenters. The second-order valence-electron chi connectivity index (χ2n) is 5.49. The van der Waals surface area contributed by atoms with Crippen molar-refractivity contribution in [3.63, 3.8) is 0 Å². The predicted octanol–water partition coefficient (Wildman–Crippen LogP) is 2.14. The van der Waals surface area contributed by atoms with Gasteiger partial charge in [0.15, 0.2) is 0 Å². The van der Waals surface area contributed by atoms with E-state index in [1.165, 1.54) is 17.0 Å². The predicted molar refractivity (Wildman–Crippen MR) is 88.5 cm³/mol. The standard InChI is InChI=1S/C17H16N2O4S/c20-16-10-11-17(21)19(16)12-13-6-8-15(9-7-13)24(22,23)18-14-4-2-1-3-5-14/h1-9,18H,10-12H2. The lowest BCUT2D eigenvalue weighted by Gasteiger charge is -2.14. The van der Waals surface area contributed by atoms with Gasteiger partial charge in [-0.2, -0.15) is 0 Å². The van der Waals surface area contributed by atoms with Crippen molar-refractivity contribution in [3.8, 4) is 0 Å². The van der Waals surface area contributed by atoms with Gasteiger partial charge >= 0.3 is 0 Å². The van der Waals surface area contributed by atoms with E-state index in [0.29, 0.717) is 11.3 Å². The fourth-order valence-corrected chi connectivity index (χ4v) is 3.53. The number of anilines is 1. The third kappa shape index (κ3) is 3.46. The number of nitrogens with one attached hydrogen (secondary N) is 1. The number of sulfonamides is 1. The third-order valence-corrected chi connectivity index (χ3v) is 5.15. The van der Waals surface area contributed by atoms with Crippen LogP contribution in [-0.4, -0.2) is 25.1 Å². The van der Waals surface area contributed by atoms with Crippen LogP contribution in [-0.2, 0) is 26.2 Å². The molecule has 0 spiro atoms. The Hall–Kier alpha value is -2.67. The van der Waals surface area contributed by atoms with Crippen molar-refractivity contribution in [2.75, 3.05) is 4.72 Å². The molecular formula is C17H16N2O4S. The van der Waals surface area contributed by atoms with Gasteiger partial charge in [-0.15, -0.1) is 0 Å². The fourth-order valence-electron chi connectivity index (χ4n) is 2.48. The van der Waals surface area contributed by atoms with E-state index in [1.54, 1.807) is 42.5 Å². The number of hydrogen-bond acceptors (Lipinski definition) is 4. The minimum absolute atomic E-state index is 0.120. The van der Waals surface area contributed by atoms with Crippen molar-refractivity contribution in [2.45, 2.75) is 24.3 Å². The highest BCUT2D eigenvalue weighted by Crippen LogP contribution is 2.19. The lowest BCUT2D eigenvalue weighted by Crippen LogP contribution is -2.28. The Morgan fingerprint density at radius 2 is 1.46 bits per heavy atom. The molecule has 7 heteroatoms. The first-order valence-corrected chi connectivity index (χ1v) is 8.94. The normalized spacial score (nSPS) is 14.9. The summed E-state index contributed by atoms with van der Waals surface area (Å²) in [6, 6.07) is 14.8. The number of nitrogens with zero attached hydrogens (tertiary/aromatic N) is 1. The van der Waals surface area contributed by atoms with Crippen LogP contribution >= 0.6 is 0 Å². The van der Waals surface area contributed by atoms with Gasteiger partial charge in [0, 0.05) is 18.5 Å². The molecular weight excluding hydrogens is 328 g/mol. The van der Waals surface area contributed by atoms with Crippen LogP contribution in [0.5, 0.6) is 0 Å². The van der Waals surface area contributed by atoms with Gasteiger partial charge in [0.25, 0.3) is 10.0 Å². The van der Waals surface area contributed by atoms with E-state index in [-0.39, 0.29) is 36.1 Å². The molecule has 2 aromatic carbocycles. The lowest BCUT2D eigenvalue weighted by molar-refractivity contribution is -0.139. The summed E-state index contributed by atoms with van der Waals surface area (Å²) in [6.45, 7) is 0.171. The Labute approximate surface area is 140 Å². The maximum Gasteiger partial charge on any atom is 0.261 e. The Balaban J connectivity index is 1.74. The molecule has 0 atom stereocenters. The van der Waals surface area contributed by atoms with Crippen molar-refractivity contribution in [3.05, 3.63) is 60.2 Å². The molecule has 24 heavy (non-hydrogen) atoms. The maximum atomic E-state index is 12.3. The van der Waals surface area contributed by atoms with E-state index in [2.05, 4.69) is 4.72 Å². The number of likely N-dealkylation sites (tertiary alicyclic amines) is 1. The summed E-state index contributed by atoms with van der Waals surface area (Å²) in [5.41, 5.74) is 1.19. The lowest BCUT2D eigenvalue weighted by atomic mass is 10.2. The average Bonchev–Trinajstić information content (AvgIpc) is 2.88. The Morgan fingerprint density at radius 3 is 2.04 bits per heavy atom. The number of carbonyl (C=O) groups is 2. The molecule has 1 aliphatic heterocycles. The van der Waals surface area contributed by atoms with E-state index in [4.69, 9.17) is 0 Å². The minimum Gasteiger partial charge on any atom is -0.280 e. The van der Waals surface area contributed by atoms with Gasteiger partial charge in [-0.1, -0.05) is 30.3 Å². The second kappa shape index (κ2) is 6.45. The summed E-state index contributed by atoms with van der Waals surface area (Å²) in [5, 5.41) is 0. The van der Waals surface area contributed by atoms with Crippen LogP contribution in [0.2, 0.25) is 0 Å². The zero-order chi connectivity index (χ0) is 17.2. The number of rotatable bonds is 5. The van der Waals surface area contributed by atoms with E-state index >= 15 is 0 Å². The highest BCUT2D eigenvalue weighted by atomic mass is 32.2. The second-order valence-corrected chi connectivity index (χ2v) is 7.17. The maximum absolute atomic E-state index is 12.3. The number of amides is 2. The number of imide groups is 1. The molecule has 0 aliphatic carbocycles. The first-order valence-electron chi connectivity index (χ1n) is 7.46. The van der Waals surface area contributed by atoms with E-state index in [1.807, 2.05) is 0 Å². The highest BCUT2D eigenvalue weighted by Gasteiger charge is 2.28. The van der Waals surface area contributed by atoms with Crippen LogP contribution in [0, 0.1) is 0 Å². The van der Waals surface area contributed by atoms with Gasteiger partial charge in [0.05, 0.1) is 11.4 Å². The third-order valence-electron chi connectivity index (χ3n) is 3.76. The summed E-state index contributed by atoms with van der Waals surface area (Å²) in [5.74, 6) is -0.384. The molecule has 1 aliphatic rings. The molecule has 0 saturated carbocycles. The van der Waals surface area contributed by atoms with Crippen molar-refractivity contribution < 1.29 is 18.0 Å². The summed E-state index contributed by atoms with van der Waals surface area (Å²) in [6.07, 6.45) is 0.485. The monoisotopic (exact) mass is 344 g/mol. The molecule has 1 saturated heterocycles. The van der Waals surface area contributed by atoms with Crippen molar-refractivity contribution in [1.29, 1.82) is 0 Å². The molecule has 1 N–H and O–H groups in total. The molecule has 0 aromatic heterocycles. The smallest absolute Gasteiger partial charge is 0.261 e. The molecule has 6 nitrogen and oxygen atoms in total. The van der Waals surface area contributed by atoms with E-state index in [0.717, 1.165) is 0 Å². The Bertz CT molecular complexity index is 845. The molecule has 1 heterocycles. The van der Waals surface area contributed by atoms with Crippen LogP contribution in [0.3, 0.4) is 0 Å². The molecule has 1 fully saturated rings. The number of para-hydroxylation sites is 1. The quantitative estimate of drug-likeness (QED) is 0.842. The number of benzene rings is 2. The van der Waals surface area contributed by atoms with Gasteiger partial charge in [-0.3, -0.25) is 19.2 Å². The zero-order valence-electron chi connectivity index (χ0n) is 12.8. The zero-order valence-corrected chi connectivity index (χ0v) is 13.6. The van der Waals surface area contributed by atoms with Crippen LogP contribution in [0.15, 0.2) is 59.5 Å². The van der Waals surface area contributed by atoms with E-state index in [9.17, 15) is 18.0 Å². The molecule has 0 bridgehead atoms. The topological polar surface area (TPSA) is 83.6 Å².